The van der Waals surface area contributed by atoms with E-state index in [2.05, 4.69) is 36.1 Å². The van der Waals surface area contributed by atoms with Crippen molar-refractivity contribution in [1.29, 1.82) is 0 Å². The summed E-state index contributed by atoms with van der Waals surface area (Å²) in [5.41, 5.74) is 0. The van der Waals surface area contributed by atoms with Gasteiger partial charge in [0.15, 0.2) is 0 Å². The first-order chi connectivity index (χ1) is 6.18. The maximum atomic E-state index is 4.38. The Balaban J connectivity index is 2.33. The fourth-order valence-corrected chi connectivity index (χ4v) is 1.13. The largest absolute Gasteiger partial charge is 0.352 e. The molecular weight excluding hydrogens is 162 g/mol. The fraction of sp³-hybridized carbons (Fsp3) is 0.800. The first-order valence-corrected chi connectivity index (χ1v) is 5.02. The lowest BCUT2D eigenvalue weighted by atomic mass is 10.1. The average molecular weight is 181 g/mol. The van der Waals surface area contributed by atoms with Gasteiger partial charge in [0.2, 0.25) is 5.96 Å². The number of aliphatic imine (C=N–C) groups is 2. The molecule has 0 spiro atoms. The van der Waals surface area contributed by atoms with Crippen molar-refractivity contribution in [3.63, 3.8) is 0 Å². The molecule has 1 N–H and O–H groups in total. The summed E-state index contributed by atoms with van der Waals surface area (Å²) in [6.45, 7) is 7.44. The zero-order valence-electron chi connectivity index (χ0n) is 8.75. The molecule has 0 bridgehead atoms. The fourth-order valence-electron chi connectivity index (χ4n) is 1.13. The minimum absolute atomic E-state index is 0.482. The van der Waals surface area contributed by atoms with E-state index in [1.54, 1.807) is 0 Å². The minimum atomic E-state index is 0.482. The van der Waals surface area contributed by atoms with E-state index in [1.807, 2.05) is 6.21 Å². The average Bonchev–Trinajstić information content (AvgIpc) is 2.03. The molecular formula is C10H19N3. The molecule has 1 aliphatic heterocycles. The summed E-state index contributed by atoms with van der Waals surface area (Å²) in [4.78, 5) is 8.57. The Morgan fingerprint density at radius 1 is 1.69 bits per heavy atom. The third-order valence-corrected chi connectivity index (χ3v) is 2.02. The van der Waals surface area contributed by atoms with Crippen molar-refractivity contribution < 1.29 is 0 Å². The lowest BCUT2D eigenvalue weighted by Crippen LogP contribution is -2.35. The molecule has 1 atom stereocenters. The van der Waals surface area contributed by atoms with Gasteiger partial charge in [-0.3, -0.25) is 4.99 Å². The van der Waals surface area contributed by atoms with Crippen LogP contribution in [-0.4, -0.2) is 24.8 Å². The molecule has 3 nitrogen and oxygen atoms in total. The van der Waals surface area contributed by atoms with Gasteiger partial charge >= 0.3 is 0 Å². The predicted octanol–water partition coefficient (Wildman–Crippen LogP) is 1.84. The summed E-state index contributed by atoms with van der Waals surface area (Å²) in [6, 6.07) is 0.482. The summed E-state index contributed by atoms with van der Waals surface area (Å²) in [5.74, 6) is 1.52. The lowest BCUT2D eigenvalue weighted by Gasteiger charge is -2.16. The zero-order chi connectivity index (χ0) is 9.68. The molecule has 0 aromatic rings. The van der Waals surface area contributed by atoms with Crippen molar-refractivity contribution in [1.82, 2.24) is 5.32 Å². The van der Waals surface area contributed by atoms with Crippen molar-refractivity contribution in [3.8, 4) is 0 Å². The van der Waals surface area contributed by atoms with Crippen LogP contribution >= 0.6 is 0 Å². The van der Waals surface area contributed by atoms with E-state index in [1.165, 1.54) is 0 Å². The third-order valence-electron chi connectivity index (χ3n) is 2.02. The Morgan fingerprint density at radius 3 is 3.08 bits per heavy atom. The first-order valence-electron chi connectivity index (χ1n) is 5.02. The minimum Gasteiger partial charge on any atom is -0.352 e. The molecule has 0 aromatic heterocycles. The van der Waals surface area contributed by atoms with E-state index < -0.39 is 0 Å². The molecule has 0 saturated heterocycles. The van der Waals surface area contributed by atoms with Crippen molar-refractivity contribution in [2.24, 2.45) is 15.9 Å². The lowest BCUT2D eigenvalue weighted by molar-refractivity contribution is 0.593. The van der Waals surface area contributed by atoms with Crippen LogP contribution in [0.25, 0.3) is 0 Å². The molecule has 1 aliphatic rings. The molecule has 1 heterocycles. The Morgan fingerprint density at radius 2 is 2.46 bits per heavy atom. The quantitative estimate of drug-likeness (QED) is 0.708. The second kappa shape index (κ2) is 5.00. The van der Waals surface area contributed by atoms with E-state index in [-0.39, 0.29) is 0 Å². The van der Waals surface area contributed by atoms with Gasteiger partial charge in [-0.15, -0.1) is 0 Å². The molecule has 0 radical (unpaired) electrons. The van der Waals surface area contributed by atoms with Gasteiger partial charge in [0, 0.05) is 25.2 Å². The molecule has 0 aromatic carbocycles. The molecule has 0 fully saturated rings. The highest BCUT2D eigenvalue weighted by atomic mass is 15.2. The van der Waals surface area contributed by atoms with Gasteiger partial charge in [0.05, 0.1) is 0 Å². The Hall–Kier alpha value is -0.860. The monoisotopic (exact) mass is 181 g/mol. The summed E-state index contributed by atoms with van der Waals surface area (Å²) in [7, 11) is 0. The van der Waals surface area contributed by atoms with Gasteiger partial charge < -0.3 is 5.32 Å². The van der Waals surface area contributed by atoms with Crippen LogP contribution in [0.3, 0.4) is 0 Å². The highest BCUT2D eigenvalue weighted by Gasteiger charge is 2.07. The molecule has 0 saturated carbocycles. The molecule has 0 amide bonds. The Bertz CT molecular complexity index is 206. The smallest absolute Gasteiger partial charge is 0.217 e. The van der Waals surface area contributed by atoms with Crippen LogP contribution in [0.4, 0.5) is 0 Å². The Labute approximate surface area is 80.4 Å². The highest BCUT2D eigenvalue weighted by molar-refractivity contribution is 5.90. The molecule has 74 valence electrons. The number of rotatable bonds is 3. The zero-order valence-corrected chi connectivity index (χ0v) is 8.75. The molecule has 0 aliphatic carbocycles. The SMILES string of the molecule is CC(C)CCN=C1N=CC[C@@H](C)N1. The maximum absolute atomic E-state index is 4.38. The van der Waals surface area contributed by atoms with Gasteiger partial charge in [-0.2, -0.15) is 0 Å². The Kier molecular flexibility index (Phi) is 3.93. The van der Waals surface area contributed by atoms with Crippen LogP contribution < -0.4 is 5.32 Å². The van der Waals surface area contributed by atoms with Gasteiger partial charge in [0.1, 0.15) is 0 Å². The van der Waals surface area contributed by atoms with Crippen LogP contribution in [0.5, 0.6) is 0 Å². The van der Waals surface area contributed by atoms with Crippen molar-refractivity contribution in [2.75, 3.05) is 6.54 Å². The third kappa shape index (κ3) is 4.06. The first kappa shape index (κ1) is 10.2. The molecule has 0 unspecified atom stereocenters. The van der Waals surface area contributed by atoms with E-state index in [4.69, 9.17) is 0 Å². The number of nitrogens with zero attached hydrogens (tertiary/aromatic N) is 2. The van der Waals surface area contributed by atoms with E-state index in [0.29, 0.717) is 12.0 Å². The number of hydrogen-bond acceptors (Lipinski definition) is 1. The summed E-state index contributed by atoms with van der Waals surface area (Å²) >= 11 is 0. The van der Waals surface area contributed by atoms with Gasteiger partial charge in [-0.05, 0) is 19.3 Å². The standard InChI is InChI=1S/C10H19N3/c1-8(2)4-6-11-10-12-7-5-9(3)13-10/h7-9H,4-6H2,1-3H3,(H,11,13)/t9-/m1/s1. The number of nitrogens with one attached hydrogen (secondary N) is 1. The molecule has 3 heteroatoms. The number of guanidine groups is 1. The van der Waals surface area contributed by atoms with Crippen LogP contribution in [0.2, 0.25) is 0 Å². The highest BCUT2D eigenvalue weighted by Crippen LogP contribution is 2.00. The maximum Gasteiger partial charge on any atom is 0.217 e. The normalized spacial score (nSPS) is 25.2. The molecule has 1 rings (SSSR count). The van der Waals surface area contributed by atoms with Crippen LogP contribution in [0.15, 0.2) is 9.98 Å². The second-order valence-corrected chi connectivity index (χ2v) is 3.98. The molecule has 13 heavy (non-hydrogen) atoms. The van der Waals surface area contributed by atoms with E-state index in [9.17, 15) is 0 Å². The van der Waals surface area contributed by atoms with Crippen molar-refractivity contribution in [2.45, 2.75) is 39.7 Å². The summed E-state index contributed by atoms with van der Waals surface area (Å²) < 4.78 is 0. The van der Waals surface area contributed by atoms with Crippen LogP contribution in [0.1, 0.15) is 33.6 Å². The van der Waals surface area contributed by atoms with Gasteiger partial charge in [0.25, 0.3) is 0 Å². The number of hydrogen-bond donors (Lipinski definition) is 1. The van der Waals surface area contributed by atoms with Crippen molar-refractivity contribution in [3.05, 3.63) is 0 Å². The van der Waals surface area contributed by atoms with Crippen molar-refractivity contribution >= 4 is 12.2 Å². The summed E-state index contributed by atoms with van der Waals surface area (Å²) in [6.07, 6.45) is 4.08. The van der Waals surface area contributed by atoms with Crippen LogP contribution in [0, 0.1) is 5.92 Å². The van der Waals surface area contributed by atoms with Gasteiger partial charge in [-0.1, -0.05) is 13.8 Å². The van der Waals surface area contributed by atoms with E-state index in [0.717, 1.165) is 25.3 Å². The second-order valence-electron chi connectivity index (χ2n) is 3.98. The summed E-state index contributed by atoms with van der Waals surface area (Å²) in [5, 5.41) is 3.24. The van der Waals surface area contributed by atoms with Gasteiger partial charge in [-0.25, -0.2) is 4.99 Å². The topological polar surface area (TPSA) is 36.8 Å². The van der Waals surface area contributed by atoms with Crippen LogP contribution in [-0.2, 0) is 0 Å². The van der Waals surface area contributed by atoms with E-state index >= 15 is 0 Å². The predicted molar refractivity (Wildman–Crippen MR) is 57.5 cm³/mol.